The molecule has 0 bridgehead atoms. The number of fused-ring (bicyclic) bond motifs is 1. The predicted octanol–water partition coefficient (Wildman–Crippen LogP) is 4.02. The van der Waals surface area contributed by atoms with Crippen LogP contribution in [0.3, 0.4) is 0 Å². The smallest absolute Gasteiger partial charge is 0.261 e. The molecule has 0 spiro atoms. The van der Waals surface area contributed by atoms with Crippen molar-refractivity contribution in [2.45, 2.75) is 53.4 Å². The van der Waals surface area contributed by atoms with E-state index in [1.165, 1.54) is 27.1 Å². The lowest BCUT2D eigenvalue weighted by atomic mass is 10.1. The van der Waals surface area contributed by atoms with Gasteiger partial charge in [-0.2, -0.15) is 0 Å². The van der Waals surface area contributed by atoms with Gasteiger partial charge in [-0.1, -0.05) is 23.8 Å². The quantitative estimate of drug-likeness (QED) is 0.919. The van der Waals surface area contributed by atoms with Crippen molar-refractivity contribution in [2.24, 2.45) is 0 Å². The van der Waals surface area contributed by atoms with Gasteiger partial charge in [-0.3, -0.25) is 9.69 Å². The second-order valence-electron chi connectivity index (χ2n) is 6.67. The fourth-order valence-electron chi connectivity index (χ4n) is 2.92. The molecule has 0 saturated carbocycles. The van der Waals surface area contributed by atoms with Crippen LogP contribution in [0.25, 0.3) is 0 Å². The molecule has 2 heterocycles. The second-order valence-corrected chi connectivity index (χ2v) is 7.81. The van der Waals surface area contributed by atoms with E-state index < -0.39 is 0 Å². The van der Waals surface area contributed by atoms with E-state index in [9.17, 15) is 4.79 Å². The molecule has 1 aromatic heterocycles. The van der Waals surface area contributed by atoms with Crippen molar-refractivity contribution in [1.82, 2.24) is 10.2 Å². The number of nitrogens with zero attached hydrogens (tertiary/aromatic N) is 1. The normalized spacial score (nSPS) is 14.3. The monoisotopic (exact) mass is 328 g/mol. The van der Waals surface area contributed by atoms with Gasteiger partial charge >= 0.3 is 0 Å². The molecule has 0 aliphatic carbocycles. The first kappa shape index (κ1) is 16.2. The van der Waals surface area contributed by atoms with Crippen LogP contribution >= 0.6 is 11.3 Å². The second kappa shape index (κ2) is 6.46. The number of carbonyl (C=O) groups is 1. The predicted molar refractivity (Wildman–Crippen MR) is 95.8 cm³/mol. The zero-order valence-corrected chi connectivity index (χ0v) is 15.1. The summed E-state index contributed by atoms with van der Waals surface area (Å²) >= 11 is 1.64. The van der Waals surface area contributed by atoms with E-state index in [1.54, 1.807) is 11.3 Å². The Morgan fingerprint density at radius 2 is 2.04 bits per heavy atom. The van der Waals surface area contributed by atoms with E-state index in [0.717, 1.165) is 18.0 Å². The number of aryl methyl sites for hydroxylation is 2. The summed E-state index contributed by atoms with van der Waals surface area (Å²) in [5.41, 5.74) is 4.95. The fourth-order valence-corrected chi connectivity index (χ4v) is 4.04. The largest absolute Gasteiger partial charge is 0.347 e. The highest BCUT2D eigenvalue weighted by molar-refractivity contribution is 7.14. The molecule has 1 amide bonds. The minimum Gasteiger partial charge on any atom is -0.347 e. The number of amides is 1. The van der Waals surface area contributed by atoms with Crippen LogP contribution in [-0.2, 0) is 19.6 Å². The van der Waals surface area contributed by atoms with Crippen LogP contribution in [0.15, 0.2) is 24.3 Å². The van der Waals surface area contributed by atoms with Gasteiger partial charge in [0.15, 0.2) is 0 Å². The minimum atomic E-state index is 0.0430. The first-order chi connectivity index (χ1) is 10.9. The Kier molecular flexibility index (Phi) is 4.55. The van der Waals surface area contributed by atoms with Crippen molar-refractivity contribution in [2.75, 3.05) is 0 Å². The topological polar surface area (TPSA) is 32.3 Å². The lowest BCUT2D eigenvalue weighted by Gasteiger charge is -2.19. The van der Waals surface area contributed by atoms with Crippen molar-refractivity contribution in [3.05, 3.63) is 56.3 Å². The Morgan fingerprint density at radius 1 is 1.26 bits per heavy atom. The molecule has 0 unspecified atom stereocenters. The standard InChI is InChI=1S/C19H24N2OS/c1-12(2)21-10-16-8-17(23-18(16)11-21)19(22)20-9-15-7-13(3)5-6-14(15)4/h5-8,12H,9-11H2,1-4H3,(H,20,22). The van der Waals surface area contributed by atoms with Gasteiger partial charge in [0.25, 0.3) is 5.91 Å². The third-order valence-electron chi connectivity index (χ3n) is 4.51. The van der Waals surface area contributed by atoms with Crippen LogP contribution in [0, 0.1) is 13.8 Å². The van der Waals surface area contributed by atoms with E-state index in [-0.39, 0.29) is 5.91 Å². The van der Waals surface area contributed by atoms with Crippen LogP contribution in [0.5, 0.6) is 0 Å². The third-order valence-corrected chi connectivity index (χ3v) is 5.68. The Labute approximate surface area is 142 Å². The lowest BCUT2D eigenvalue weighted by Crippen LogP contribution is -2.25. The van der Waals surface area contributed by atoms with E-state index in [0.29, 0.717) is 12.6 Å². The molecule has 3 nitrogen and oxygen atoms in total. The van der Waals surface area contributed by atoms with Gasteiger partial charge in [0.2, 0.25) is 0 Å². The van der Waals surface area contributed by atoms with Crippen LogP contribution in [0.1, 0.15) is 50.7 Å². The zero-order chi connectivity index (χ0) is 16.6. The van der Waals surface area contributed by atoms with Crippen LogP contribution in [0.4, 0.5) is 0 Å². The number of carbonyl (C=O) groups excluding carboxylic acids is 1. The first-order valence-electron chi connectivity index (χ1n) is 8.14. The Bertz CT molecular complexity index is 709. The maximum absolute atomic E-state index is 12.4. The summed E-state index contributed by atoms with van der Waals surface area (Å²) in [5, 5.41) is 3.06. The molecular weight excluding hydrogens is 304 g/mol. The average molecular weight is 328 g/mol. The lowest BCUT2D eigenvalue weighted by molar-refractivity contribution is 0.0954. The van der Waals surface area contributed by atoms with E-state index >= 15 is 0 Å². The third kappa shape index (κ3) is 3.48. The van der Waals surface area contributed by atoms with E-state index in [2.05, 4.69) is 62.2 Å². The number of hydrogen-bond acceptors (Lipinski definition) is 3. The summed E-state index contributed by atoms with van der Waals surface area (Å²) in [4.78, 5) is 17.0. The average Bonchev–Trinajstić information content (AvgIpc) is 3.06. The van der Waals surface area contributed by atoms with Crippen molar-refractivity contribution in [3.8, 4) is 0 Å². The van der Waals surface area contributed by atoms with Crippen LogP contribution in [0.2, 0.25) is 0 Å². The molecule has 0 saturated heterocycles. The van der Waals surface area contributed by atoms with Gasteiger partial charge in [0, 0.05) is 30.6 Å². The van der Waals surface area contributed by atoms with Crippen molar-refractivity contribution < 1.29 is 4.79 Å². The molecule has 0 fully saturated rings. The SMILES string of the molecule is Cc1ccc(C)c(CNC(=O)c2cc3c(s2)CN(C(C)C)C3)c1. The van der Waals surface area contributed by atoms with Gasteiger partial charge in [-0.05, 0) is 50.5 Å². The molecule has 2 aromatic rings. The van der Waals surface area contributed by atoms with Gasteiger partial charge in [0.05, 0.1) is 4.88 Å². The molecule has 1 aliphatic heterocycles. The minimum absolute atomic E-state index is 0.0430. The summed E-state index contributed by atoms with van der Waals surface area (Å²) in [6.07, 6.45) is 0. The number of hydrogen-bond donors (Lipinski definition) is 1. The Hall–Kier alpha value is -1.65. The molecule has 122 valence electrons. The van der Waals surface area contributed by atoms with Gasteiger partial charge in [-0.15, -0.1) is 11.3 Å². The van der Waals surface area contributed by atoms with Gasteiger partial charge in [0.1, 0.15) is 0 Å². The van der Waals surface area contributed by atoms with E-state index in [1.807, 2.05) is 0 Å². The maximum atomic E-state index is 12.4. The van der Waals surface area contributed by atoms with Crippen molar-refractivity contribution in [1.29, 1.82) is 0 Å². The molecule has 1 aromatic carbocycles. The Morgan fingerprint density at radius 3 is 2.74 bits per heavy atom. The summed E-state index contributed by atoms with van der Waals surface area (Å²) < 4.78 is 0. The molecule has 0 radical (unpaired) electrons. The highest BCUT2D eigenvalue weighted by atomic mass is 32.1. The molecule has 1 aliphatic rings. The summed E-state index contributed by atoms with van der Waals surface area (Å²) in [5.74, 6) is 0.0430. The van der Waals surface area contributed by atoms with Crippen molar-refractivity contribution in [3.63, 3.8) is 0 Å². The molecular formula is C19H24N2OS. The van der Waals surface area contributed by atoms with Crippen LogP contribution in [-0.4, -0.2) is 16.8 Å². The number of thiophene rings is 1. The highest BCUT2D eigenvalue weighted by Crippen LogP contribution is 2.32. The summed E-state index contributed by atoms with van der Waals surface area (Å²) in [6, 6.07) is 8.98. The van der Waals surface area contributed by atoms with Crippen molar-refractivity contribution >= 4 is 17.2 Å². The molecule has 23 heavy (non-hydrogen) atoms. The Balaban J connectivity index is 1.64. The number of nitrogens with one attached hydrogen (secondary N) is 1. The molecule has 4 heteroatoms. The van der Waals surface area contributed by atoms with E-state index in [4.69, 9.17) is 0 Å². The zero-order valence-electron chi connectivity index (χ0n) is 14.3. The highest BCUT2D eigenvalue weighted by Gasteiger charge is 2.25. The van der Waals surface area contributed by atoms with Crippen LogP contribution < -0.4 is 5.32 Å². The molecule has 3 rings (SSSR count). The number of benzene rings is 1. The molecule has 0 atom stereocenters. The first-order valence-corrected chi connectivity index (χ1v) is 8.95. The maximum Gasteiger partial charge on any atom is 0.261 e. The summed E-state index contributed by atoms with van der Waals surface area (Å²) in [6.45, 7) is 11.1. The molecule has 1 N–H and O–H groups in total. The van der Waals surface area contributed by atoms with Gasteiger partial charge in [-0.25, -0.2) is 0 Å². The summed E-state index contributed by atoms with van der Waals surface area (Å²) in [7, 11) is 0. The van der Waals surface area contributed by atoms with Gasteiger partial charge < -0.3 is 5.32 Å². The number of rotatable bonds is 4. The fraction of sp³-hybridized carbons (Fsp3) is 0.421.